The van der Waals surface area contributed by atoms with Gasteiger partial charge in [0, 0.05) is 0 Å². The molecule has 0 saturated carbocycles. The molecule has 9 heavy (non-hydrogen) atoms. The van der Waals surface area contributed by atoms with Gasteiger partial charge in [0.1, 0.15) is 0 Å². The van der Waals surface area contributed by atoms with Gasteiger partial charge in [0.2, 0.25) is 0 Å². The molecular weight excluding hydrogens is 119 g/mol. The van der Waals surface area contributed by atoms with Gasteiger partial charge in [0.25, 0.3) is 6.17 Å². The fourth-order valence-corrected chi connectivity index (χ4v) is 0.266. The average Bonchev–Trinajstić information content (AvgIpc) is 2.12. The van der Waals surface area contributed by atoms with Crippen LogP contribution in [0.4, 0.5) is 0 Å². The van der Waals surface area contributed by atoms with Crippen molar-refractivity contribution in [3.8, 4) is 0 Å². The van der Waals surface area contributed by atoms with Crippen molar-refractivity contribution in [1.82, 2.24) is 0 Å². The van der Waals surface area contributed by atoms with Crippen molar-refractivity contribution in [3.63, 3.8) is 0 Å². The van der Waals surface area contributed by atoms with Gasteiger partial charge in [-0.05, 0) is 10.4 Å². The van der Waals surface area contributed by atoms with Crippen molar-refractivity contribution in [3.05, 3.63) is 0 Å². The molecule has 0 unspecified atom stereocenters. The molecule has 0 aromatic rings. The Morgan fingerprint density at radius 2 is 1.78 bits per heavy atom. The fraction of sp³-hybridized carbons (Fsp3) is 0.500. The predicted molar refractivity (Wildman–Crippen MR) is 28.3 cm³/mol. The third-order valence-corrected chi connectivity index (χ3v) is 0.583. The Kier molecular flexibility index (Phi) is 3.05. The number of nitrogens with zero attached hydrogens (tertiary/aromatic N) is 4. The maximum absolute atomic E-state index is 9.89. The van der Waals surface area contributed by atoms with E-state index in [0.717, 1.165) is 0 Å². The number of hydrogen-bond acceptors (Lipinski definition) is 5. The van der Waals surface area contributed by atoms with E-state index in [2.05, 4.69) is 20.7 Å². The number of carboxylic acids is 1. The van der Waals surface area contributed by atoms with Gasteiger partial charge in [-0.3, -0.25) is 0 Å². The zero-order chi connectivity index (χ0) is 5.98. The molecule has 0 aliphatic carbocycles. The molecule has 1 aliphatic rings. The zero-order valence-corrected chi connectivity index (χ0v) is 3.72. The molecule has 0 aromatic heterocycles. The van der Waals surface area contributed by atoms with E-state index in [0.29, 0.717) is 0 Å². The van der Waals surface area contributed by atoms with Gasteiger partial charge < -0.3 is 5.11 Å². The Balaban J connectivity index is 0.000000640. The minimum atomic E-state index is -1.13. The summed E-state index contributed by atoms with van der Waals surface area (Å²) >= 11 is 0. The molecule has 1 aliphatic heterocycles. The van der Waals surface area contributed by atoms with Crippen molar-refractivity contribution < 1.29 is 9.90 Å². The summed E-state index contributed by atoms with van der Waals surface area (Å²) in [5.41, 5.74) is 0. The molecule has 0 bridgehead atoms. The van der Waals surface area contributed by atoms with Crippen LogP contribution in [0.2, 0.25) is 0 Å². The van der Waals surface area contributed by atoms with E-state index in [1.54, 1.807) is 0 Å². The summed E-state index contributed by atoms with van der Waals surface area (Å²) in [6, 6.07) is 0. The van der Waals surface area contributed by atoms with Crippen LogP contribution < -0.4 is 0 Å². The summed E-state index contributed by atoms with van der Waals surface area (Å²) in [6.45, 7) is 0. The Morgan fingerprint density at radius 1 is 1.33 bits per heavy atom. The van der Waals surface area contributed by atoms with Crippen LogP contribution in [0.3, 0.4) is 0 Å². The van der Waals surface area contributed by atoms with E-state index in [1.165, 1.54) is 0 Å². The molecular formula is C2H3LiN4O2. The molecule has 0 spiro atoms. The van der Waals surface area contributed by atoms with Crippen LogP contribution in [0.15, 0.2) is 20.7 Å². The fourth-order valence-electron chi connectivity index (χ4n) is 0.266. The molecule has 7 heteroatoms. The van der Waals surface area contributed by atoms with Crippen LogP contribution in [-0.4, -0.2) is 36.1 Å². The molecule has 0 amide bonds. The monoisotopic (exact) mass is 122 g/mol. The van der Waals surface area contributed by atoms with Crippen LogP contribution in [0.1, 0.15) is 0 Å². The van der Waals surface area contributed by atoms with Crippen molar-refractivity contribution in [2.24, 2.45) is 20.7 Å². The topological polar surface area (TPSA) is 86.7 Å². The van der Waals surface area contributed by atoms with Crippen molar-refractivity contribution in [2.75, 3.05) is 0 Å². The van der Waals surface area contributed by atoms with Gasteiger partial charge in [-0.2, -0.15) is 0 Å². The Labute approximate surface area is 62.2 Å². The normalized spacial score (nSPS) is 15.6. The molecule has 0 fully saturated rings. The van der Waals surface area contributed by atoms with E-state index in [9.17, 15) is 4.79 Å². The quantitative estimate of drug-likeness (QED) is 0.479. The summed E-state index contributed by atoms with van der Waals surface area (Å²) in [5.74, 6) is -1.13. The summed E-state index contributed by atoms with van der Waals surface area (Å²) in [4.78, 5) is 9.89. The van der Waals surface area contributed by atoms with Crippen molar-refractivity contribution >= 4 is 24.8 Å². The molecule has 0 radical (unpaired) electrons. The SMILES string of the molecule is O=C(O)C1N=NN=N1.[LiH]. The number of carbonyl (C=O) groups is 1. The number of rotatable bonds is 1. The van der Waals surface area contributed by atoms with Crippen LogP contribution in [0.5, 0.6) is 0 Å². The van der Waals surface area contributed by atoms with E-state index in [1.807, 2.05) is 0 Å². The molecule has 0 saturated heterocycles. The van der Waals surface area contributed by atoms with E-state index >= 15 is 0 Å². The van der Waals surface area contributed by atoms with Gasteiger partial charge in [-0.15, -0.1) is 10.2 Å². The first-order valence-corrected chi connectivity index (χ1v) is 1.83. The summed E-state index contributed by atoms with van der Waals surface area (Å²) < 4.78 is 0. The Hall–Kier alpha value is -0.733. The molecule has 6 nitrogen and oxygen atoms in total. The maximum atomic E-state index is 9.89. The third-order valence-electron chi connectivity index (χ3n) is 0.583. The summed E-state index contributed by atoms with van der Waals surface area (Å²) in [7, 11) is 0. The van der Waals surface area contributed by atoms with Gasteiger partial charge in [0.15, 0.2) is 0 Å². The van der Waals surface area contributed by atoms with Gasteiger partial charge >= 0.3 is 24.8 Å². The van der Waals surface area contributed by atoms with Gasteiger partial charge in [-0.25, -0.2) is 4.79 Å². The van der Waals surface area contributed by atoms with Crippen LogP contribution in [0.25, 0.3) is 0 Å². The summed E-state index contributed by atoms with van der Waals surface area (Å²) in [5, 5.41) is 20.3. The van der Waals surface area contributed by atoms with Crippen molar-refractivity contribution in [2.45, 2.75) is 6.17 Å². The molecule has 44 valence electrons. The molecule has 1 N–H and O–H groups in total. The van der Waals surface area contributed by atoms with Crippen LogP contribution in [0, 0.1) is 0 Å². The molecule has 0 atom stereocenters. The second-order valence-corrected chi connectivity index (χ2v) is 1.12. The Morgan fingerprint density at radius 3 is 2.00 bits per heavy atom. The second kappa shape index (κ2) is 3.32. The van der Waals surface area contributed by atoms with Crippen LogP contribution >= 0.6 is 0 Å². The third kappa shape index (κ3) is 1.91. The first kappa shape index (κ1) is 8.27. The molecule has 1 heterocycles. The van der Waals surface area contributed by atoms with Crippen molar-refractivity contribution in [1.29, 1.82) is 0 Å². The van der Waals surface area contributed by atoms with Gasteiger partial charge in [0.05, 0.1) is 0 Å². The molecule has 1 rings (SSSR count). The second-order valence-electron chi connectivity index (χ2n) is 1.12. The zero-order valence-electron chi connectivity index (χ0n) is 3.72. The standard InChI is InChI=1S/C2H2N4O2.Li.H/c7-2(8)1-3-5-6-4-1;;/h1H,(H,7,8);;. The van der Waals surface area contributed by atoms with E-state index in [-0.39, 0.29) is 18.9 Å². The molecule has 0 aromatic carbocycles. The number of carboxylic acid groups (broad SMARTS) is 1. The predicted octanol–water partition coefficient (Wildman–Crippen LogP) is -0.418. The van der Waals surface area contributed by atoms with E-state index < -0.39 is 12.1 Å². The first-order chi connectivity index (χ1) is 3.80. The minimum absolute atomic E-state index is 0. The summed E-state index contributed by atoms with van der Waals surface area (Å²) in [6.07, 6.45) is -1.10. The number of aliphatic carboxylic acids is 1. The first-order valence-electron chi connectivity index (χ1n) is 1.83. The van der Waals surface area contributed by atoms with Crippen LogP contribution in [-0.2, 0) is 4.79 Å². The van der Waals surface area contributed by atoms with Gasteiger partial charge in [-0.1, -0.05) is 0 Å². The van der Waals surface area contributed by atoms with E-state index in [4.69, 9.17) is 5.11 Å². The Bertz CT molecular complexity index is 154. The number of hydrogen-bond donors (Lipinski definition) is 1. The average molecular weight is 122 g/mol.